The van der Waals surface area contributed by atoms with Gasteiger partial charge < -0.3 is 5.73 Å². The zero-order chi connectivity index (χ0) is 11.5. The van der Waals surface area contributed by atoms with Crippen molar-refractivity contribution in [2.24, 2.45) is 5.73 Å². The van der Waals surface area contributed by atoms with Gasteiger partial charge in [-0.2, -0.15) is 0 Å². The Morgan fingerprint density at radius 1 is 1.19 bits per heavy atom. The number of benzene rings is 2. The average Bonchev–Trinajstić information content (AvgIpc) is 2.30. The summed E-state index contributed by atoms with van der Waals surface area (Å²) in [6, 6.07) is 12.5. The highest BCUT2D eigenvalue weighted by atomic mass is 14.6. The van der Waals surface area contributed by atoms with Crippen molar-refractivity contribution in [2.75, 3.05) is 0 Å². The molecule has 0 spiro atoms. The van der Waals surface area contributed by atoms with E-state index in [1.54, 1.807) is 6.08 Å². The number of rotatable bonds is 2. The first-order chi connectivity index (χ1) is 7.74. The molecule has 0 aliphatic heterocycles. The Labute approximate surface area is 95.9 Å². The van der Waals surface area contributed by atoms with E-state index in [1.165, 1.54) is 16.3 Å². The Bertz CT molecular complexity index is 565. The van der Waals surface area contributed by atoms with Crippen LogP contribution in [0.5, 0.6) is 0 Å². The van der Waals surface area contributed by atoms with Gasteiger partial charge in [0.1, 0.15) is 0 Å². The van der Waals surface area contributed by atoms with Gasteiger partial charge in [-0.1, -0.05) is 49.1 Å². The minimum atomic E-state index is 0.762. The van der Waals surface area contributed by atoms with Crippen LogP contribution in [0.15, 0.2) is 55.1 Å². The van der Waals surface area contributed by atoms with Crippen LogP contribution in [0.4, 0.5) is 0 Å². The fourth-order valence-electron chi connectivity index (χ4n) is 1.96. The maximum Gasteiger partial charge on any atom is 0.0390 e. The Kier molecular flexibility index (Phi) is 2.78. The summed E-state index contributed by atoms with van der Waals surface area (Å²) in [5, 5.41) is 2.50. The van der Waals surface area contributed by atoms with Crippen molar-refractivity contribution in [2.45, 2.75) is 6.92 Å². The summed E-state index contributed by atoms with van der Waals surface area (Å²) in [5.74, 6) is 0. The maximum absolute atomic E-state index is 5.99. The third kappa shape index (κ3) is 1.72. The smallest absolute Gasteiger partial charge is 0.0390 e. The Morgan fingerprint density at radius 3 is 2.69 bits per heavy atom. The van der Waals surface area contributed by atoms with Gasteiger partial charge in [0.15, 0.2) is 0 Å². The summed E-state index contributed by atoms with van der Waals surface area (Å²) in [5.41, 5.74) is 9.05. The Morgan fingerprint density at radius 2 is 1.94 bits per heavy atom. The summed E-state index contributed by atoms with van der Waals surface area (Å²) >= 11 is 0. The Hall–Kier alpha value is -2.02. The van der Waals surface area contributed by atoms with Crippen molar-refractivity contribution >= 4 is 16.5 Å². The predicted molar refractivity (Wildman–Crippen MR) is 71.0 cm³/mol. The van der Waals surface area contributed by atoms with Gasteiger partial charge in [-0.3, -0.25) is 0 Å². The van der Waals surface area contributed by atoms with Crippen LogP contribution in [0.2, 0.25) is 0 Å². The molecule has 0 aliphatic rings. The van der Waals surface area contributed by atoms with E-state index < -0.39 is 0 Å². The number of aryl methyl sites for hydroxylation is 1. The van der Waals surface area contributed by atoms with Crippen molar-refractivity contribution < 1.29 is 0 Å². The van der Waals surface area contributed by atoms with E-state index in [0.717, 1.165) is 11.3 Å². The lowest BCUT2D eigenvalue weighted by atomic mass is 9.98. The maximum atomic E-state index is 5.99. The molecule has 2 N–H and O–H groups in total. The largest absolute Gasteiger partial charge is 0.398 e. The first kappa shape index (κ1) is 10.5. The second kappa shape index (κ2) is 4.23. The summed E-state index contributed by atoms with van der Waals surface area (Å²) in [6.45, 7) is 5.76. The normalized spacial score (nSPS) is 11.7. The number of allylic oxidation sites excluding steroid dienone is 2. The average molecular weight is 209 g/mol. The van der Waals surface area contributed by atoms with Crippen LogP contribution in [0, 0.1) is 6.92 Å². The Balaban J connectivity index is 2.70. The lowest BCUT2D eigenvalue weighted by Crippen LogP contribution is -1.98. The number of hydrogen-bond acceptors (Lipinski definition) is 1. The van der Waals surface area contributed by atoms with Gasteiger partial charge in [-0.25, -0.2) is 0 Å². The first-order valence-electron chi connectivity index (χ1n) is 5.31. The minimum absolute atomic E-state index is 0.762. The molecule has 2 aromatic carbocycles. The molecule has 0 saturated carbocycles. The van der Waals surface area contributed by atoms with Gasteiger partial charge in [0.2, 0.25) is 0 Å². The number of nitrogens with two attached hydrogens (primary N) is 1. The molecule has 2 aromatic rings. The van der Waals surface area contributed by atoms with Crippen LogP contribution in [0.1, 0.15) is 11.1 Å². The van der Waals surface area contributed by atoms with Gasteiger partial charge in [0.05, 0.1) is 0 Å². The van der Waals surface area contributed by atoms with E-state index in [-0.39, 0.29) is 0 Å². The molecule has 2 rings (SSSR count). The molecule has 0 amide bonds. The van der Waals surface area contributed by atoms with E-state index in [1.807, 2.05) is 18.2 Å². The molecule has 0 aromatic heterocycles. The van der Waals surface area contributed by atoms with Gasteiger partial charge in [-0.05, 0) is 29.3 Å². The van der Waals surface area contributed by atoms with Crippen molar-refractivity contribution in [1.29, 1.82) is 0 Å². The molecule has 0 fully saturated rings. The van der Waals surface area contributed by atoms with E-state index in [0.29, 0.717) is 0 Å². The topological polar surface area (TPSA) is 26.0 Å². The van der Waals surface area contributed by atoms with E-state index in [9.17, 15) is 0 Å². The van der Waals surface area contributed by atoms with Crippen LogP contribution in [0.3, 0.4) is 0 Å². The molecule has 0 bridgehead atoms. The van der Waals surface area contributed by atoms with E-state index in [2.05, 4.69) is 37.8 Å². The zero-order valence-corrected chi connectivity index (χ0v) is 9.40. The van der Waals surface area contributed by atoms with Crippen molar-refractivity contribution in [3.05, 3.63) is 66.3 Å². The van der Waals surface area contributed by atoms with E-state index in [4.69, 9.17) is 5.73 Å². The van der Waals surface area contributed by atoms with Crippen LogP contribution in [-0.2, 0) is 0 Å². The summed E-state index contributed by atoms with van der Waals surface area (Å²) < 4.78 is 0. The standard InChI is InChI=1S/C15H15N/c1-3-6-15(16)14-10-9-12-7-4-5-8-13(12)11(14)2/h3-10H,1,16H2,2H3/b15-6+. The monoisotopic (exact) mass is 209 g/mol. The van der Waals surface area contributed by atoms with Crippen molar-refractivity contribution in [3.63, 3.8) is 0 Å². The lowest BCUT2D eigenvalue weighted by molar-refractivity contribution is 1.43. The summed E-state index contributed by atoms with van der Waals surface area (Å²) in [6.07, 6.45) is 3.54. The fraction of sp³-hybridized carbons (Fsp3) is 0.0667. The van der Waals surface area contributed by atoms with Crippen LogP contribution < -0.4 is 5.73 Å². The van der Waals surface area contributed by atoms with Crippen LogP contribution in [0.25, 0.3) is 16.5 Å². The van der Waals surface area contributed by atoms with Gasteiger partial charge in [0, 0.05) is 11.3 Å². The third-order valence-corrected chi connectivity index (χ3v) is 2.81. The summed E-state index contributed by atoms with van der Waals surface area (Å²) in [7, 11) is 0. The van der Waals surface area contributed by atoms with E-state index >= 15 is 0 Å². The molecule has 0 atom stereocenters. The van der Waals surface area contributed by atoms with Crippen LogP contribution >= 0.6 is 0 Å². The molecule has 0 aliphatic carbocycles. The van der Waals surface area contributed by atoms with Crippen molar-refractivity contribution in [1.82, 2.24) is 0 Å². The molecule has 1 heteroatoms. The number of fused-ring (bicyclic) bond motifs is 1. The minimum Gasteiger partial charge on any atom is -0.398 e. The highest BCUT2D eigenvalue weighted by Crippen LogP contribution is 2.24. The molecule has 1 nitrogen and oxygen atoms in total. The third-order valence-electron chi connectivity index (χ3n) is 2.81. The SMILES string of the molecule is C=C/C=C(/N)c1ccc2ccccc2c1C. The first-order valence-corrected chi connectivity index (χ1v) is 5.31. The highest BCUT2D eigenvalue weighted by Gasteiger charge is 2.04. The molecule has 0 heterocycles. The molecular weight excluding hydrogens is 194 g/mol. The predicted octanol–water partition coefficient (Wildman–Crippen LogP) is 3.63. The molecule has 16 heavy (non-hydrogen) atoms. The quantitative estimate of drug-likeness (QED) is 0.751. The molecule has 0 unspecified atom stereocenters. The second-order valence-corrected chi connectivity index (χ2v) is 3.82. The molecule has 80 valence electrons. The molecular formula is C15H15N. The number of hydrogen-bond donors (Lipinski definition) is 1. The van der Waals surface area contributed by atoms with Gasteiger partial charge >= 0.3 is 0 Å². The van der Waals surface area contributed by atoms with Crippen molar-refractivity contribution in [3.8, 4) is 0 Å². The molecule has 0 saturated heterocycles. The second-order valence-electron chi connectivity index (χ2n) is 3.82. The van der Waals surface area contributed by atoms with Crippen LogP contribution in [-0.4, -0.2) is 0 Å². The van der Waals surface area contributed by atoms with Gasteiger partial charge in [-0.15, -0.1) is 0 Å². The highest BCUT2D eigenvalue weighted by molar-refractivity contribution is 5.89. The molecule has 0 radical (unpaired) electrons. The fourth-order valence-corrected chi connectivity index (χ4v) is 1.96. The van der Waals surface area contributed by atoms with Gasteiger partial charge in [0.25, 0.3) is 0 Å². The zero-order valence-electron chi connectivity index (χ0n) is 9.40. The summed E-state index contributed by atoms with van der Waals surface area (Å²) in [4.78, 5) is 0. The lowest BCUT2D eigenvalue weighted by Gasteiger charge is -2.09.